The molecule has 1 aromatic rings. The van der Waals surface area contributed by atoms with E-state index in [0.717, 1.165) is 10.8 Å². The number of H-pyrrole nitrogens is 1. The lowest BCUT2D eigenvalue weighted by Crippen LogP contribution is -2.34. The Morgan fingerprint density at radius 3 is 2.96 bits per heavy atom. The first kappa shape index (κ1) is 17.7. The minimum Gasteiger partial charge on any atom is -0.460 e. The minimum atomic E-state index is -1.10. The zero-order valence-electron chi connectivity index (χ0n) is 12.6. The Morgan fingerprint density at radius 2 is 2.30 bits per heavy atom. The first-order valence-corrected chi connectivity index (χ1v) is 8.22. The number of hydrogen-bond acceptors (Lipinski definition) is 7. The molecule has 0 aliphatic carbocycles. The average molecular weight is 348 g/mol. The van der Waals surface area contributed by atoms with Crippen molar-refractivity contribution in [3.8, 4) is 0 Å². The van der Waals surface area contributed by atoms with Crippen LogP contribution in [0.3, 0.4) is 0 Å². The zero-order chi connectivity index (χ0) is 17.0. The number of ether oxygens (including phenoxy) is 3. The van der Waals surface area contributed by atoms with Gasteiger partial charge in [-0.25, -0.2) is 4.79 Å². The van der Waals surface area contributed by atoms with E-state index < -0.39 is 41.5 Å². The fourth-order valence-electron chi connectivity index (χ4n) is 2.28. The van der Waals surface area contributed by atoms with Crippen LogP contribution in [0.4, 0.5) is 4.39 Å². The Bertz CT molecular complexity index is 675. The van der Waals surface area contributed by atoms with Gasteiger partial charge in [-0.05, 0) is 6.26 Å². The van der Waals surface area contributed by atoms with Crippen LogP contribution in [0.2, 0.25) is 0 Å². The molecule has 0 amide bonds. The molecule has 1 aromatic heterocycles. The number of aromatic amines is 1. The molecule has 10 heteroatoms. The van der Waals surface area contributed by atoms with Gasteiger partial charge >= 0.3 is 11.7 Å². The molecule has 2 rings (SSSR count). The van der Waals surface area contributed by atoms with Gasteiger partial charge in [-0.2, -0.15) is 4.39 Å². The van der Waals surface area contributed by atoms with E-state index in [2.05, 4.69) is 0 Å². The number of aromatic nitrogens is 2. The number of esters is 1. The molecule has 0 radical (unpaired) electrons. The van der Waals surface area contributed by atoms with Crippen molar-refractivity contribution in [2.45, 2.75) is 31.8 Å². The lowest BCUT2D eigenvalue weighted by molar-refractivity contribution is -0.150. The van der Waals surface area contributed by atoms with Crippen LogP contribution in [0, 0.1) is 5.82 Å². The van der Waals surface area contributed by atoms with E-state index in [1.165, 1.54) is 18.7 Å². The van der Waals surface area contributed by atoms with Crippen LogP contribution in [0.25, 0.3) is 0 Å². The third kappa shape index (κ3) is 4.43. The molecule has 3 atom stereocenters. The Kier molecular flexibility index (Phi) is 5.97. The van der Waals surface area contributed by atoms with E-state index in [9.17, 15) is 18.8 Å². The molecule has 1 N–H and O–H groups in total. The molecule has 1 saturated heterocycles. The average Bonchev–Trinajstić information content (AvgIpc) is 2.85. The third-order valence-electron chi connectivity index (χ3n) is 3.22. The number of halogens is 1. The Hall–Kier alpha value is -1.65. The van der Waals surface area contributed by atoms with Gasteiger partial charge in [-0.1, -0.05) is 0 Å². The highest BCUT2D eigenvalue weighted by Gasteiger charge is 2.39. The summed E-state index contributed by atoms with van der Waals surface area (Å²) in [5.74, 6) is -1.15. The normalized spacial score (nSPS) is 23.9. The molecule has 0 saturated carbocycles. The van der Waals surface area contributed by atoms with Crippen LogP contribution >= 0.6 is 11.8 Å². The summed E-state index contributed by atoms with van der Waals surface area (Å²) < 4.78 is 30.5. The van der Waals surface area contributed by atoms with Gasteiger partial charge in [-0.3, -0.25) is 19.1 Å². The van der Waals surface area contributed by atoms with E-state index in [1.807, 2.05) is 11.2 Å². The largest absolute Gasteiger partial charge is 0.460 e. The Morgan fingerprint density at radius 1 is 1.57 bits per heavy atom. The van der Waals surface area contributed by atoms with Gasteiger partial charge in [0.1, 0.15) is 18.4 Å². The summed E-state index contributed by atoms with van der Waals surface area (Å²) in [4.78, 5) is 35.9. The number of hydrogen-bond donors (Lipinski definition) is 1. The maximum absolute atomic E-state index is 13.4. The highest BCUT2D eigenvalue weighted by Crippen LogP contribution is 2.30. The first-order valence-electron chi connectivity index (χ1n) is 6.82. The van der Waals surface area contributed by atoms with E-state index in [-0.39, 0.29) is 13.0 Å². The SMILES string of the molecule is CSCOC[C@H]1O[C@@H](n2cc(F)c(=O)[nH]c2=O)C[C@@H]1OC(C)=O. The monoisotopic (exact) mass is 348 g/mol. The molecule has 1 aliphatic heterocycles. The zero-order valence-corrected chi connectivity index (χ0v) is 13.4. The summed E-state index contributed by atoms with van der Waals surface area (Å²) in [5, 5.41) is 0. The first-order chi connectivity index (χ1) is 10.9. The molecular formula is C13H17FN2O6S. The van der Waals surface area contributed by atoms with Crippen molar-refractivity contribution in [2.75, 3.05) is 18.8 Å². The van der Waals surface area contributed by atoms with Crippen LogP contribution in [0.1, 0.15) is 19.6 Å². The van der Waals surface area contributed by atoms with Gasteiger partial charge in [0.2, 0.25) is 5.82 Å². The predicted molar refractivity (Wildman–Crippen MR) is 79.7 cm³/mol. The summed E-state index contributed by atoms with van der Waals surface area (Å²) in [6.07, 6.45) is 0.727. The molecule has 2 heterocycles. The number of thioether (sulfide) groups is 1. The summed E-state index contributed by atoms with van der Waals surface area (Å²) in [5.41, 5.74) is -1.89. The number of rotatable bonds is 6. The minimum absolute atomic E-state index is 0.151. The quantitative estimate of drug-likeness (QED) is 0.446. The molecule has 0 aromatic carbocycles. The second-order valence-electron chi connectivity index (χ2n) is 4.93. The van der Waals surface area contributed by atoms with Crippen molar-refractivity contribution in [3.63, 3.8) is 0 Å². The van der Waals surface area contributed by atoms with Gasteiger partial charge < -0.3 is 14.2 Å². The highest BCUT2D eigenvalue weighted by atomic mass is 32.2. The van der Waals surface area contributed by atoms with Crippen molar-refractivity contribution in [1.29, 1.82) is 0 Å². The summed E-state index contributed by atoms with van der Waals surface area (Å²) in [6.45, 7) is 1.43. The lowest BCUT2D eigenvalue weighted by atomic mass is 10.2. The Balaban J connectivity index is 2.18. The second kappa shape index (κ2) is 7.75. The molecule has 23 heavy (non-hydrogen) atoms. The van der Waals surface area contributed by atoms with Crippen LogP contribution < -0.4 is 11.2 Å². The molecular weight excluding hydrogens is 331 g/mol. The fraction of sp³-hybridized carbons (Fsp3) is 0.615. The number of carbonyl (C=O) groups excluding carboxylic acids is 1. The van der Waals surface area contributed by atoms with Crippen molar-refractivity contribution in [3.05, 3.63) is 32.9 Å². The summed E-state index contributed by atoms with van der Waals surface area (Å²) in [7, 11) is 0. The van der Waals surface area contributed by atoms with Gasteiger partial charge in [0, 0.05) is 13.3 Å². The van der Waals surface area contributed by atoms with Gasteiger partial charge in [-0.15, -0.1) is 11.8 Å². The number of nitrogens with zero attached hydrogens (tertiary/aromatic N) is 1. The summed E-state index contributed by atoms with van der Waals surface area (Å²) in [6, 6.07) is 0. The highest BCUT2D eigenvalue weighted by molar-refractivity contribution is 7.98. The van der Waals surface area contributed by atoms with Crippen molar-refractivity contribution in [1.82, 2.24) is 9.55 Å². The van der Waals surface area contributed by atoms with Gasteiger partial charge in [0.05, 0.1) is 18.7 Å². The van der Waals surface area contributed by atoms with Gasteiger partial charge in [0.15, 0.2) is 0 Å². The molecule has 0 spiro atoms. The van der Waals surface area contributed by atoms with Gasteiger partial charge in [0.25, 0.3) is 5.56 Å². The smallest absolute Gasteiger partial charge is 0.330 e. The maximum Gasteiger partial charge on any atom is 0.330 e. The molecule has 1 fully saturated rings. The van der Waals surface area contributed by atoms with Crippen LogP contribution in [0.5, 0.6) is 0 Å². The van der Waals surface area contributed by atoms with E-state index in [0.29, 0.717) is 5.94 Å². The maximum atomic E-state index is 13.4. The van der Waals surface area contributed by atoms with Crippen LogP contribution in [0.15, 0.2) is 15.8 Å². The van der Waals surface area contributed by atoms with Crippen LogP contribution in [-0.2, 0) is 19.0 Å². The Labute approximate surface area is 134 Å². The van der Waals surface area contributed by atoms with Crippen molar-refractivity contribution in [2.24, 2.45) is 0 Å². The standard InChI is InChI=1S/C13H17FN2O6S/c1-7(17)21-9-3-11(22-10(9)5-20-6-23-2)16-4-8(14)12(18)15-13(16)19/h4,9-11H,3,5-6H2,1-2H3,(H,15,18,19)/t9-,10+,11+/m0/s1. The molecule has 0 unspecified atom stereocenters. The molecule has 0 bridgehead atoms. The number of nitrogens with one attached hydrogen (secondary N) is 1. The van der Waals surface area contributed by atoms with E-state index >= 15 is 0 Å². The fourth-order valence-corrected chi connectivity index (χ4v) is 2.54. The summed E-state index contributed by atoms with van der Waals surface area (Å²) >= 11 is 1.47. The number of carbonyl (C=O) groups is 1. The van der Waals surface area contributed by atoms with E-state index in [1.54, 1.807) is 0 Å². The van der Waals surface area contributed by atoms with Crippen LogP contribution in [-0.4, -0.2) is 46.5 Å². The van der Waals surface area contributed by atoms with E-state index in [4.69, 9.17) is 14.2 Å². The van der Waals surface area contributed by atoms with Crippen molar-refractivity contribution < 1.29 is 23.4 Å². The molecule has 8 nitrogen and oxygen atoms in total. The topological polar surface area (TPSA) is 99.6 Å². The van der Waals surface area contributed by atoms with Crippen molar-refractivity contribution >= 4 is 17.7 Å². The molecule has 1 aliphatic rings. The predicted octanol–water partition coefficient (Wildman–Crippen LogP) is 0.232. The molecule has 128 valence electrons. The second-order valence-corrected chi connectivity index (χ2v) is 5.75. The third-order valence-corrected chi connectivity index (χ3v) is 3.62. The lowest BCUT2D eigenvalue weighted by Gasteiger charge is -2.18.